The van der Waals surface area contributed by atoms with Crippen molar-refractivity contribution >= 4 is 0 Å². The van der Waals surface area contributed by atoms with Crippen LogP contribution in [0.25, 0.3) is 0 Å². The maximum Gasteiger partial charge on any atom is 0.00967 e. The zero-order valence-electron chi connectivity index (χ0n) is 12.8. The molecule has 2 nitrogen and oxygen atoms in total. The van der Waals surface area contributed by atoms with E-state index < -0.39 is 0 Å². The number of hydrogen-bond donors (Lipinski definition) is 1. The van der Waals surface area contributed by atoms with Gasteiger partial charge in [-0.15, -0.1) is 0 Å². The van der Waals surface area contributed by atoms with Crippen molar-refractivity contribution in [3.63, 3.8) is 0 Å². The van der Waals surface area contributed by atoms with Crippen molar-refractivity contribution < 1.29 is 0 Å². The van der Waals surface area contributed by atoms with Crippen molar-refractivity contribution in [2.75, 3.05) is 26.2 Å². The third-order valence-electron chi connectivity index (χ3n) is 4.68. The molecule has 1 atom stereocenters. The van der Waals surface area contributed by atoms with E-state index in [9.17, 15) is 0 Å². The summed E-state index contributed by atoms with van der Waals surface area (Å²) >= 11 is 0. The van der Waals surface area contributed by atoms with Crippen LogP contribution in [0.1, 0.15) is 53.4 Å². The molecule has 1 N–H and O–H groups in total. The minimum absolute atomic E-state index is 0.463. The van der Waals surface area contributed by atoms with Gasteiger partial charge in [0.2, 0.25) is 0 Å². The number of hydrogen-bond acceptors (Lipinski definition) is 2. The smallest absolute Gasteiger partial charge is 0.00967 e. The Morgan fingerprint density at radius 1 is 1.22 bits per heavy atom. The monoisotopic (exact) mass is 252 g/mol. The number of piperidine rings is 1. The second-order valence-corrected chi connectivity index (χ2v) is 7.59. The third-order valence-corrected chi connectivity index (χ3v) is 4.68. The van der Waals surface area contributed by atoms with Gasteiger partial charge in [-0.3, -0.25) is 4.90 Å². The second kappa shape index (κ2) is 5.92. The molecule has 0 aromatic heterocycles. The first kappa shape index (κ1) is 14.3. The van der Waals surface area contributed by atoms with Crippen LogP contribution in [-0.4, -0.2) is 37.1 Å². The molecule has 2 aliphatic rings. The van der Waals surface area contributed by atoms with Crippen LogP contribution in [-0.2, 0) is 0 Å². The molecule has 1 aliphatic heterocycles. The van der Waals surface area contributed by atoms with Gasteiger partial charge in [-0.05, 0) is 56.0 Å². The van der Waals surface area contributed by atoms with E-state index in [0.717, 1.165) is 17.9 Å². The summed E-state index contributed by atoms with van der Waals surface area (Å²) in [7, 11) is 0. The molecule has 2 heteroatoms. The van der Waals surface area contributed by atoms with E-state index in [4.69, 9.17) is 0 Å². The van der Waals surface area contributed by atoms with Crippen LogP contribution in [0.5, 0.6) is 0 Å². The quantitative estimate of drug-likeness (QED) is 0.781. The maximum atomic E-state index is 3.58. The van der Waals surface area contributed by atoms with Crippen molar-refractivity contribution in [1.29, 1.82) is 0 Å². The first-order valence-corrected chi connectivity index (χ1v) is 7.94. The molecule has 0 aromatic carbocycles. The number of nitrogens with one attached hydrogen (secondary N) is 1. The Bertz CT molecular complexity index is 250. The van der Waals surface area contributed by atoms with Gasteiger partial charge >= 0.3 is 0 Å². The Hall–Kier alpha value is -0.0800. The minimum Gasteiger partial charge on any atom is -0.316 e. The number of rotatable bonds is 6. The third kappa shape index (κ3) is 3.96. The molecule has 1 saturated carbocycles. The Labute approximate surface area is 114 Å². The predicted octanol–water partition coefficient (Wildman–Crippen LogP) is 3.13. The van der Waals surface area contributed by atoms with E-state index in [1.54, 1.807) is 0 Å². The fraction of sp³-hybridized carbons (Fsp3) is 1.00. The average molecular weight is 252 g/mol. The fourth-order valence-electron chi connectivity index (χ4n) is 3.42. The highest BCUT2D eigenvalue weighted by Gasteiger charge is 2.37. The summed E-state index contributed by atoms with van der Waals surface area (Å²) in [6.07, 6.45) is 5.65. The molecule has 2 fully saturated rings. The lowest BCUT2D eigenvalue weighted by Gasteiger charge is -2.41. The fourth-order valence-corrected chi connectivity index (χ4v) is 3.42. The van der Waals surface area contributed by atoms with Crippen molar-refractivity contribution in [2.24, 2.45) is 17.3 Å². The molecule has 18 heavy (non-hydrogen) atoms. The van der Waals surface area contributed by atoms with Gasteiger partial charge in [0, 0.05) is 19.1 Å². The predicted molar refractivity (Wildman–Crippen MR) is 78.8 cm³/mol. The van der Waals surface area contributed by atoms with Gasteiger partial charge in [0.15, 0.2) is 0 Å². The van der Waals surface area contributed by atoms with Gasteiger partial charge in [-0.1, -0.05) is 27.7 Å². The molecule has 0 radical (unpaired) electrons. The van der Waals surface area contributed by atoms with Crippen molar-refractivity contribution in [3.05, 3.63) is 0 Å². The van der Waals surface area contributed by atoms with E-state index >= 15 is 0 Å². The van der Waals surface area contributed by atoms with Gasteiger partial charge in [-0.2, -0.15) is 0 Å². The van der Waals surface area contributed by atoms with Crippen molar-refractivity contribution in [3.8, 4) is 0 Å². The van der Waals surface area contributed by atoms with Crippen LogP contribution in [0, 0.1) is 17.3 Å². The molecular weight excluding hydrogens is 220 g/mol. The van der Waals surface area contributed by atoms with Gasteiger partial charge in [0.25, 0.3) is 0 Å². The summed E-state index contributed by atoms with van der Waals surface area (Å²) in [6.45, 7) is 14.7. The lowest BCUT2D eigenvalue weighted by atomic mass is 9.74. The summed E-state index contributed by atoms with van der Waals surface area (Å²) in [6, 6.07) is 0.906. The number of nitrogens with zero attached hydrogens (tertiary/aromatic N) is 1. The topological polar surface area (TPSA) is 15.3 Å². The summed E-state index contributed by atoms with van der Waals surface area (Å²) in [5, 5.41) is 3.58. The Morgan fingerprint density at radius 2 is 1.94 bits per heavy atom. The highest BCUT2D eigenvalue weighted by atomic mass is 15.2. The normalized spacial score (nSPS) is 26.0. The molecule has 1 saturated heterocycles. The molecule has 106 valence electrons. The first-order valence-electron chi connectivity index (χ1n) is 7.94. The maximum absolute atomic E-state index is 3.58. The van der Waals surface area contributed by atoms with Crippen LogP contribution in [0.3, 0.4) is 0 Å². The summed E-state index contributed by atoms with van der Waals surface area (Å²) < 4.78 is 0. The van der Waals surface area contributed by atoms with Crippen LogP contribution in [0.2, 0.25) is 0 Å². The van der Waals surface area contributed by atoms with Gasteiger partial charge < -0.3 is 5.32 Å². The van der Waals surface area contributed by atoms with E-state index in [0.29, 0.717) is 5.41 Å². The molecule has 1 aliphatic carbocycles. The van der Waals surface area contributed by atoms with Crippen LogP contribution >= 0.6 is 0 Å². The van der Waals surface area contributed by atoms with E-state index in [1.807, 2.05) is 0 Å². The van der Waals surface area contributed by atoms with E-state index in [-0.39, 0.29) is 0 Å². The van der Waals surface area contributed by atoms with Crippen LogP contribution in [0.15, 0.2) is 0 Å². The molecule has 1 heterocycles. The summed E-state index contributed by atoms with van der Waals surface area (Å²) in [5.41, 5.74) is 0.463. The van der Waals surface area contributed by atoms with E-state index in [2.05, 4.69) is 37.9 Å². The Balaban J connectivity index is 1.90. The standard InChI is InChI=1S/C16H32N2/c1-13(2)11-18(15-7-8-15)12-16(3,4)14-6-5-9-17-10-14/h13-15,17H,5-12H2,1-4H3. The minimum atomic E-state index is 0.463. The van der Waals surface area contributed by atoms with Crippen molar-refractivity contribution in [1.82, 2.24) is 10.2 Å². The zero-order chi connectivity index (χ0) is 13.2. The zero-order valence-corrected chi connectivity index (χ0v) is 12.8. The van der Waals surface area contributed by atoms with Crippen molar-refractivity contribution in [2.45, 2.75) is 59.4 Å². The lowest BCUT2D eigenvalue weighted by molar-refractivity contribution is 0.0885. The highest BCUT2D eigenvalue weighted by Crippen LogP contribution is 2.36. The Kier molecular flexibility index (Phi) is 4.71. The average Bonchev–Trinajstić information content (AvgIpc) is 3.12. The highest BCUT2D eigenvalue weighted by molar-refractivity contribution is 4.91. The molecule has 0 bridgehead atoms. The molecular formula is C16H32N2. The largest absolute Gasteiger partial charge is 0.316 e. The summed E-state index contributed by atoms with van der Waals surface area (Å²) in [4.78, 5) is 2.78. The van der Waals surface area contributed by atoms with Gasteiger partial charge in [0.05, 0.1) is 0 Å². The molecule has 1 unspecified atom stereocenters. The molecule has 0 aromatic rings. The lowest BCUT2D eigenvalue weighted by Crippen LogP contribution is -2.46. The first-order chi connectivity index (χ1) is 8.49. The SMILES string of the molecule is CC(C)CN(CC(C)(C)C1CCCNC1)C1CC1. The van der Waals surface area contributed by atoms with Gasteiger partial charge in [-0.25, -0.2) is 0 Å². The molecule has 0 amide bonds. The van der Waals surface area contributed by atoms with Gasteiger partial charge in [0.1, 0.15) is 0 Å². The van der Waals surface area contributed by atoms with Crippen LogP contribution in [0.4, 0.5) is 0 Å². The summed E-state index contributed by atoms with van der Waals surface area (Å²) in [5.74, 6) is 1.66. The van der Waals surface area contributed by atoms with E-state index in [1.165, 1.54) is 51.9 Å². The molecule has 0 spiro atoms. The van der Waals surface area contributed by atoms with Crippen LogP contribution < -0.4 is 5.32 Å². The second-order valence-electron chi connectivity index (χ2n) is 7.59. The Morgan fingerprint density at radius 3 is 2.44 bits per heavy atom. The molecule has 2 rings (SSSR count).